The fourth-order valence-electron chi connectivity index (χ4n) is 6.04. The molecule has 0 saturated carbocycles. The molecule has 0 fully saturated rings. The van der Waals surface area contributed by atoms with Gasteiger partial charge in [0.2, 0.25) is 0 Å². The Kier molecular flexibility index (Phi) is 5.52. The lowest BCUT2D eigenvalue weighted by molar-refractivity contribution is 1.42. The Bertz CT molecular complexity index is 2370. The molecule has 0 N–H and O–H groups in total. The van der Waals surface area contributed by atoms with Crippen LogP contribution in [-0.4, -0.2) is 9.97 Å². The molecule has 0 aliphatic carbocycles. The zero-order valence-electron chi connectivity index (χ0n) is 22.6. The van der Waals surface area contributed by atoms with E-state index < -0.39 is 0 Å². The van der Waals surface area contributed by atoms with Crippen molar-refractivity contribution >= 4 is 43.4 Å². The van der Waals surface area contributed by atoms with Crippen molar-refractivity contribution in [3.63, 3.8) is 0 Å². The van der Waals surface area contributed by atoms with Gasteiger partial charge in [-0.1, -0.05) is 103 Å². The predicted octanol–water partition coefficient (Wildman–Crippen LogP) is 9.96. The number of aromatic nitrogens is 2. The van der Waals surface area contributed by atoms with Gasteiger partial charge in [-0.25, -0.2) is 9.97 Å². The minimum Gasteiger partial charge on any atom is -0.247 e. The van der Waals surface area contributed by atoms with E-state index in [0.717, 1.165) is 71.6 Å². The van der Waals surface area contributed by atoms with E-state index in [1.807, 2.05) is 42.5 Å². The smallest absolute Gasteiger partial charge is 0.0991 e. The fourth-order valence-corrected chi connectivity index (χ4v) is 6.04. The van der Waals surface area contributed by atoms with Crippen LogP contribution < -0.4 is 0 Å². The van der Waals surface area contributed by atoms with E-state index in [2.05, 4.69) is 103 Å². The molecule has 3 nitrogen and oxygen atoms in total. The number of hydrogen-bond donors (Lipinski definition) is 0. The van der Waals surface area contributed by atoms with E-state index in [-0.39, 0.29) is 0 Å². The maximum absolute atomic E-state index is 9.64. The lowest BCUT2D eigenvalue weighted by Crippen LogP contribution is -1.92. The highest BCUT2D eigenvalue weighted by atomic mass is 14.7. The summed E-state index contributed by atoms with van der Waals surface area (Å²) < 4.78 is 0. The van der Waals surface area contributed by atoms with Gasteiger partial charge in [0, 0.05) is 32.7 Å². The molecule has 0 spiro atoms. The summed E-state index contributed by atoms with van der Waals surface area (Å²) in [5, 5.41) is 16.3. The van der Waals surface area contributed by atoms with E-state index in [4.69, 9.17) is 9.97 Å². The van der Waals surface area contributed by atoms with Gasteiger partial charge in [0.15, 0.2) is 0 Å². The number of nitriles is 1. The fraction of sp³-hybridized carbons (Fsp3) is 0. The summed E-state index contributed by atoms with van der Waals surface area (Å²) >= 11 is 0. The highest BCUT2D eigenvalue weighted by molar-refractivity contribution is 6.13. The molecule has 6 aromatic carbocycles. The molecule has 42 heavy (non-hydrogen) atoms. The lowest BCUT2D eigenvalue weighted by atomic mass is 9.94. The van der Waals surface area contributed by atoms with Crippen LogP contribution in [0.2, 0.25) is 0 Å². The number of benzene rings is 6. The third kappa shape index (κ3) is 3.90. The zero-order chi connectivity index (χ0) is 28.0. The Balaban J connectivity index is 1.35. The molecule has 0 aliphatic heterocycles. The molecule has 0 amide bonds. The summed E-state index contributed by atoms with van der Waals surface area (Å²) in [4.78, 5) is 10.2. The molecule has 0 aliphatic rings. The molecule has 2 heterocycles. The quantitative estimate of drug-likeness (QED) is 0.212. The SMILES string of the molecule is N#Cc1ccc2nc(-c3ccccc3)c3ccc(-c4cccc(-c5nc6ccccc6c6ccccc56)c4)cc3c2c1. The van der Waals surface area contributed by atoms with Gasteiger partial charge in [-0.15, -0.1) is 0 Å². The second-order valence-electron chi connectivity index (χ2n) is 10.5. The van der Waals surface area contributed by atoms with E-state index in [1.54, 1.807) is 0 Å². The van der Waals surface area contributed by atoms with Crippen LogP contribution in [0.15, 0.2) is 140 Å². The summed E-state index contributed by atoms with van der Waals surface area (Å²) in [6.45, 7) is 0. The third-order valence-corrected chi connectivity index (χ3v) is 8.05. The molecule has 0 saturated heterocycles. The van der Waals surface area contributed by atoms with Crippen molar-refractivity contribution in [2.75, 3.05) is 0 Å². The van der Waals surface area contributed by atoms with Gasteiger partial charge in [0.25, 0.3) is 0 Å². The topological polar surface area (TPSA) is 49.6 Å². The predicted molar refractivity (Wildman–Crippen MR) is 173 cm³/mol. The summed E-state index contributed by atoms with van der Waals surface area (Å²) in [7, 11) is 0. The molecular weight excluding hydrogens is 510 g/mol. The van der Waals surface area contributed by atoms with Gasteiger partial charge in [0.1, 0.15) is 0 Å². The second-order valence-corrected chi connectivity index (χ2v) is 10.5. The zero-order valence-corrected chi connectivity index (χ0v) is 22.6. The van der Waals surface area contributed by atoms with Crippen molar-refractivity contribution < 1.29 is 0 Å². The highest BCUT2D eigenvalue weighted by Crippen LogP contribution is 2.37. The van der Waals surface area contributed by atoms with Gasteiger partial charge in [-0.3, -0.25) is 0 Å². The normalized spacial score (nSPS) is 11.3. The Labute approximate surface area is 243 Å². The molecule has 0 atom stereocenters. The summed E-state index contributed by atoms with van der Waals surface area (Å²) in [6, 6.07) is 50.3. The summed E-state index contributed by atoms with van der Waals surface area (Å²) in [5.41, 5.74) is 8.76. The van der Waals surface area contributed by atoms with E-state index in [1.165, 1.54) is 5.39 Å². The van der Waals surface area contributed by atoms with Crippen molar-refractivity contribution in [2.24, 2.45) is 0 Å². The van der Waals surface area contributed by atoms with Gasteiger partial charge >= 0.3 is 0 Å². The number of para-hydroxylation sites is 1. The van der Waals surface area contributed by atoms with Gasteiger partial charge < -0.3 is 0 Å². The van der Waals surface area contributed by atoms with Crippen LogP contribution in [0, 0.1) is 11.3 Å². The van der Waals surface area contributed by atoms with Gasteiger partial charge in [-0.2, -0.15) is 5.26 Å². The first-order valence-corrected chi connectivity index (χ1v) is 14.0. The van der Waals surface area contributed by atoms with Crippen molar-refractivity contribution in [1.29, 1.82) is 5.26 Å². The van der Waals surface area contributed by atoms with E-state index in [0.29, 0.717) is 5.56 Å². The van der Waals surface area contributed by atoms with Crippen LogP contribution in [0.3, 0.4) is 0 Å². The molecule has 8 rings (SSSR count). The van der Waals surface area contributed by atoms with Crippen molar-refractivity contribution in [2.45, 2.75) is 0 Å². The highest BCUT2D eigenvalue weighted by Gasteiger charge is 2.14. The first kappa shape index (κ1) is 24.0. The maximum Gasteiger partial charge on any atom is 0.0991 e. The maximum atomic E-state index is 9.64. The Morgan fingerprint density at radius 3 is 1.83 bits per heavy atom. The second kappa shape index (κ2) is 9.66. The average Bonchev–Trinajstić information content (AvgIpc) is 3.07. The molecule has 3 heteroatoms. The van der Waals surface area contributed by atoms with Crippen molar-refractivity contribution in [1.82, 2.24) is 9.97 Å². The average molecular weight is 534 g/mol. The molecule has 2 aromatic heterocycles. The van der Waals surface area contributed by atoms with Crippen LogP contribution >= 0.6 is 0 Å². The van der Waals surface area contributed by atoms with Crippen molar-refractivity contribution in [3.05, 3.63) is 145 Å². The molecule has 0 bridgehead atoms. The third-order valence-electron chi connectivity index (χ3n) is 8.05. The van der Waals surface area contributed by atoms with Crippen LogP contribution in [0.25, 0.3) is 77.0 Å². The van der Waals surface area contributed by atoms with Crippen LogP contribution in [0.5, 0.6) is 0 Å². The van der Waals surface area contributed by atoms with E-state index in [9.17, 15) is 5.26 Å². The molecular formula is C39H23N3. The first-order chi connectivity index (χ1) is 20.8. The standard InChI is InChI=1S/C39H23N3/c40-24-25-17-20-37-35(21-25)34-23-28(18-19-33(34)38(42-37)26-9-2-1-3-10-26)27-11-8-12-29(22-27)39-32-15-5-4-13-30(32)31-14-6-7-16-36(31)41-39/h1-23H. The molecule has 0 unspecified atom stereocenters. The van der Waals surface area contributed by atoms with Crippen LogP contribution in [-0.2, 0) is 0 Å². The number of hydrogen-bond acceptors (Lipinski definition) is 3. The molecule has 194 valence electrons. The number of pyridine rings is 2. The summed E-state index contributed by atoms with van der Waals surface area (Å²) in [5.74, 6) is 0. The van der Waals surface area contributed by atoms with Gasteiger partial charge in [-0.05, 0) is 58.3 Å². The number of fused-ring (bicyclic) bond motifs is 6. The number of rotatable bonds is 3. The number of nitrogens with zero attached hydrogens (tertiary/aromatic N) is 3. The Morgan fingerprint density at radius 2 is 1.00 bits per heavy atom. The molecule has 0 radical (unpaired) electrons. The Hall–Kier alpha value is -5.85. The van der Waals surface area contributed by atoms with Crippen LogP contribution in [0.4, 0.5) is 0 Å². The minimum absolute atomic E-state index is 0.625. The van der Waals surface area contributed by atoms with Crippen molar-refractivity contribution in [3.8, 4) is 39.7 Å². The largest absolute Gasteiger partial charge is 0.247 e. The lowest BCUT2D eigenvalue weighted by Gasteiger charge is -2.13. The Morgan fingerprint density at radius 1 is 0.381 bits per heavy atom. The first-order valence-electron chi connectivity index (χ1n) is 14.0. The summed E-state index contributed by atoms with van der Waals surface area (Å²) in [6.07, 6.45) is 0. The van der Waals surface area contributed by atoms with Gasteiger partial charge in [0.05, 0.1) is 34.1 Å². The van der Waals surface area contributed by atoms with Crippen LogP contribution in [0.1, 0.15) is 5.56 Å². The molecule has 8 aromatic rings. The minimum atomic E-state index is 0.625. The monoisotopic (exact) mass is 533 g/mol. The van der Waals surface area contributed by atoms with E-state index >= 15 is 0 Å².